The van der Waals surface area contributed by atoms with E-state index in [0.717, 1.165) is 5.56 Å². The van der Waals surface area contributed by atoms with E-state index < -0.39 is 0 Å². The predicted octanol–water partition coefficient (Wildman–Crippen LogP) is 0.797. The minimum absolute atomic E-state index is 0.109. The van der Waals surface area contributed by atoms with Crippen LogP contribution in [-0.4, -0.2) is 15.6 Å². The van der Waals surface area contributed by atoms with Crippen molar-refractivity contribution in [2.24, 2.45) is 7.05 Å². The van der Waals surface area contributed by atoms with Crippen LogP contribution in [0.15, 0.2) is 24.2 Å². The lowest BCUT2D eigenvalue weighted by Crippen LogP contribution is -2.18. The average molecular weight is 208 g/mol. The molecule has 5 heteroatoms. The molecule has 2 heterocycles. The quantitative estimate of drug-likeness (QED) is 0.548. The zero-order valence-electron chi connectivity index (χ0n) is 7.48. The molecule has 0 atom stereocenters. The van der Waals surface area contributed by atoms with Gasteiger partial charge in [0.1, 0.15) is 0 Å². The molecule has 0 unspecified atom stereocenters. The second-order valence-corrected chi connectivity index (χ2v) is 3.33. The highest BCUT2D eigenvalue weighted by Gasteiger charge is 2.22. The molecule has 1 saturated heterocycles. The number of rotatable bonds is 1. The Morgan fingerprint density at radius 1 is 1.64 bits per heavy atom. The van der Waals surface area contributed by atoms with E-state index in [1.165, 1.54) is 0 Å². The second-order valence-electron chi connectivity index (χ2n) is 2.96. The number of thiocarbonyl (C=S) groups is 1. The Kier molecular flexibility index (Phi) is 2.09. The molecule has 1 aliphatic rings. The zero-order chi connectivity index (χ0) is 10.1. The molecule has 1 amide bonds. The minimum Gasteiger partial charge on any atom is -0.426 e. The van der Waals surface area contributed by atoms with Gasteiger partial charge in [-0.15, -0.1) is 0 Å². The van der Waals surface area contributed by atoms with Gasteiger partial charge >= 0.3 is 0 Å². The molecule has 1 fully saturated rings. The van der Waals surface area contributed by atoms with Crippen molar-refractivity contribution in [2.75, 3.05) is 0 Å². The summed E-state index contributed by atoms with van der Waals surface area (Å²) in [6.07, 6.45) is 5.41. The summed E-state index contributed by atoms with van der Waals surface area (Å²) in [6, 6.07) is 1.88. The Balaban J connectivity index is 2.27. The predicted molar refractivity (Wildman–Crippen MR) is 55.2 cm³/mol. The lowest BCUT2D eigenvalue weighted by molar-refractivity contribution is -0.116. The van der Waals surface area contributed by atoms with Crippen molar-refractivity contribution in [2.45, 2.75) is 0 Å². The van der Waals surface area contributed by atoms with Crippen LogP contribution in [0.2, 0.25) is 0 Å². The van der Waals surface area contributed by atoms with Crippen LogP contribution in [0, 0.1) is 0 Å². The normalized spacial score (nSPS) is 18.5. The Morgan fingerprint density at radius 2 is 2.43 bits per heavy atom. The van der Waals surface area contributed by atoms with E-state index in [4.69, 9.17) is 17.0 Å². The van der Waals surface area contributed by atoms with Crippen molar-refractivity contribution in [1.82, 2.24) is 9.88 Å². The zero-order valence-corrected chi connectivity index (χ0v) is 8.30. The first-order chi connectivity index (χ1) is 6.65. The SMILES string of the molecule is Cn1ccc(C=C2OC(=S)NC2=O)c1. The maximum atomic E-state index is 11.2. The van der Waals surface area contributed by atoms with E-state index in [2.05, 4.69) is 5.32 Å². The van der Waals surface area contributed by atoms with Gasteiger partial charge in [0.15, 0.2) is 5.76 Å². The molecule has 0 saturated carbocycles. The van der Waals surface area contributed by atoms with Crippen LogP contribution in [0.5, 0.6) is 0 Å². The monoisotopic (exact) mass is 208 g/mol. The molecular weight excluding hydrogens is 200 g/mol. The van der Waals surface area contributed by atoms with Crippen LogP contribution in [0.1, 0.15) is 5.56 Å². The first-order valence-electron chi connectivity index (χ1n) is 4.02. The smallest absolute Gasteiger partial charge is 0.294 e. The second kappa shape index (κ2) is 3.26. The third-order valence-corrected chi connectivity index (χ3v) is 1.98. The van der Waals surface area contributed by atoms with Gasteiger partial charge in [-0.25, -0.2) is 0 Å². The Bertz CT molecular complexity index is 434. The van der Waals surface area contributed by atoms with Gasteiger partial charge in [-0.2, -0.15) is 0 Å². The third-order valence-electron chi connectivity index (χ3n) is 1.79. The molecule has 1 aliphatic heterocycles. The number of amides is 1. The molecule has 2 rings (SSSR count). The lowest BCUT2D eigenvalue weighted by atomic mass is 10.3. The van der Waals surface area contributed by atoms with Gasteiger partial charge in [0, 0.05) is 19.4 Å². The number of hydrogen-bond donors (Lipinski definition) is 1. The van der Waals surface area contributed by atoms with Gasteiger partial charge in [-0.3, -0.25) is 10.1 Å². The number of aryl methyl sites for hydroxylation is 1. The van der Waals surface area contributed by atoms with E-state index in [0.29, 0.717) is 0 Å². The van der Waals surface area contributed by atoms with Gasteiger partial charge in [-0.1, -0.05) is 0 Å². The van der Waals surface area contributed by atoms with E-state index >= 15 is 0 Å². The third kappa shape index (κ3) is 1.67. The van der Waals surface area contributed by atoms with Gasteiger partial charge in [0.25, 0.3) is 11.1 Å². The van der Waals surface area contributed by atoms with Gasteiger partial charge in [-0.05, 0) is 29.9 Å². The van der Waals surface area contributed by atoms with Crippen molar-refractivity contribution in [3.8, 4) is 0 Å². The summed E-state index contributed by atoms with van der Waals surface area (Å²) >= 11 is 4.69. The first kappa shape index (κ1) is 8.96. The number of carbonyl (C=O) groups is 1. The molecule has 14 heavy (non-hydrogen) atoms. The largest absolute Gasteiger partial charge is 0.426 e. The van der Waals surface area contributed by atoms with Crippen molar-refractivity contribution in [3.05, 3.63) is 29.8 Å². The van der Waals surface area contributed by atoms with Crippen LogP contribution in [0.4, 0.5) is 0 Å². The highest BCUT2D eigenvalue weighted by Crippen LogP contribution is 2.12. The maximum Gasteiger partial charge on any atom is 0.294 e. The van der Waals surface area contributed by atoms with Crippen molar-refractivity contribution >= 4 is 29.4 Å². The fraction of sp³-hybridized carbons (Fsp3) is 0.111. The van der Waals surface area contributed by atoms with Crippen molar-refractivity contribution < 1.29 is 9.53 Å². The fourth-order valence-electron chi connectivity index (χ4n) is 1.18. The number of nitrogens with zero attached hydrogens (tertiary/aromatic N) is 1. The minimum atomic E-state index is -0.293. The molecule has 0 aromatic carbocycles. The average Bonchev–Trinajstić information content (AvgIpc) is 2.61. The maximum absolute atomic E-state index is 11.2. The summed E-state index contributed by atoms with van der Waals surface area (Å²) in [5.41, 5.74) is 0.905. The molecule has 0 spiro atoms. The fourth-order valence-corrected chi connectivity index (χ4v) is 1.37. The number of ether oxygens (including phenoxy) is 1. The number of hydrogen-bond acceptors (Lipinski definition) is 3. The summed E-state index contributed by atoms with van der Waals surface area (Å²) in [5.74, 6) is -0.0555. The summed E-state index contributed by atoms with van der Waals surface area (Å²) < 4.78 is 6.90. The van der Waals surface area contributed by atoms with Crippen molar-refractivity contribution in [3.63, 3.8) is 0 Å². The Morgan fingerprint density at radius 3 is 2.93 bits per heavy atom. The van der Waals surface area contributed by atoms with Crippen LogP contribution in [-0.2, 0) is 16.6 Å². The number of aromatic nitrogens is 1. The van der Waals surface area contributed by atoms with Gasteiger partial charge < -0.3 is 9.30 Å². The standard InChI is InChI=1S/C9H8N2O2S/c1-11-3-2-6(5-11)4-7-8(12)10-9(14)13-7/h2-5H,1H3,(H,10,12,14). The summed E-state index contributed by atoms with van der Waals surface area (Å²) in [6.45, 7) is 0. The van der Waals surface area contributed by atoms with Crippen LogP contribution >= 0.6 is 12.2 Å². The van der Waals surface area contributed by atoms with E-state index in [1.54, 1.807) is 6.08 Å². The molecule has 0 aliphatic carbocycles. The number of nitrogens with one attached hydrogen (secondary N) is 1. The molecule has 1 aromatic rings. The summed E-state index contributed by atoms with van der Waals surface area (Å²) in [7, 11) is 1.90. The summed E-state index contributed by atoms with van der Waals surface area (Å²) in [4.78, 5) is 11.2. The summed E-state index contributed by atoms with van der Waals surface area (Å²) in [5, 5.41) is 2.50. The Hall–Kier alpha value is -1.62. The Labute approximate surface area is 86.2 Å². The van der Waals surface area contributed by atoms with E-state index in [9.17, 15) is 4.79 Å². The highest BCUT2D eigenvalue weighted by atomic mass is 32.1. The topological polar surface area (TPSA) is 43.3 Å². The van der Waals surface area contributed by atoms with Crippen LogP contribution in [0.25, 0.3) is 6.08 Å². The van der Waals surface area contributed by atoms with E-state index in [1.807, 2.05) is 30.1 Å². The van der Waals surface area contributed by atoms with Gasteiger partial charge in [0.05, 0.1) is 0 Å². The first-order valence-corrected chi connectivity index (χ1v) is 4.43. The molecule has 4 nitrogen and oxygen atoms in total. The highest BCUT2D eigenvalue weighted by molar-refractivity contribution is 7.80. The molecule has 1 aromatic heterocycles. The molecule has 72 valence electrons. The van der Waals surface area contributed by atoms with Gasteiger partial charge in [0.2, 0.25) is 0 Å². The molecule has 0 radical (unpaired) electrons. The molecular formula is C9H8N2O2S. The van der Waals surface area contributed by atoms with E-state index in [-0.39, 0.29) is 16.8 Å². The van der Waals surface area contributed by atoms with Crippen LogP contribution < -0.4 is 5.32 Å². The molecule has 0 bridgehead atoms. The molecule has 1 N–H and O–H groups in total. The number of carbonyl (C=O) groups excluding carboxylic acids is 1. The van der Waals surface area contributed by atoms with Crippen LogP contribution in [0.3, 0.4) is 0 Å². The van der Waals surface area contributed by atoms with Crippen molar-refractivity contribution in [1.29, 1.82) is 0 Å². The lowest BCUT2D eigenvalue weighted by Gasteiger charge is -1.91.